The molecule has 2 aliphatic rings. The summed E-state index contributed by atoms with van der Waals surface area (Å²) in [5, 5.41) is 7.67. The molecule has 2 saturated heterocycles. The highest BCUT2D eigenvalue weighted by Crippen LogP contribution is 2.33. The minimum absolute atomic E-state index is 0.0445. The van der Waals surface area contributed by atoms with Crippen molar-refractivity contribution in [1.29, 1.82) is 0 Å². The molecule has 8 nitrogen and oxygen atoms in total. The van der Waals surface area contributed by atoms with Crippen molar-refractivity contribution in [3.8, 4) is 0 Å². The number of carbonyl (C=O) groups excluding carboxylic acids is 1. The number of para-hydroxylation sites is 2. The number of nitrogens with zero attached hydrogens (tertiary/aromatic N) is 4. The fourth-order valence-corrected chi connectivity index (χ4v) is 5.12. The van der Waals surface area contributed by atoms with Crippen molar-refractivity contribution in [2.75, 3.05) is 31.2 Å². The topological polar surface area (TPSA) is 83.8 Å². The monoisotopic (exact) mass is 444 g/mol. The van der Waals surface area contributed by atoms with E-state index in [4.69, 9.17) is 14.7 Å². The van der Waals surface area contributed by atoms with Crippen LogP contribution in [0, 0.1) is 6.92 Å². The lowest BCUT2D eigenvalue weighted by molar-refractivity contribution is -0.00343. The zero-order chi connectivity index (χ0) is 22.7. The Balaban J connectivity index is 1.63. The maximum Gasteiger partial charge on any atom is 0.255 e. The van der Waals surface area contributed by atoms with Crippen molar-refractivity contribution < 1.29 is 9.53 Å². The number of benzene rings is 1. The van der Waals surface area contributed by atoms with E-state index in [1.54, 1.807) is 0 Å². The van der Waals surface area contributed by atoms with Gasteiger partial charge in [0.25, 0.3) is 5.91 Å². The number of hydrogen-bond donors (Lipinski definition) is 2. The van der Waals surface area contributed by atoms with Gasteiger partial charge in [0, 0.05) is 41.9 Å². The number of rotatable bonds is 3. The lowest BCUT2D eigenvalue weighted by atomic mass is 10.1. The molecule has 2 fully saturated rings. The predicted molar refractivity (Wildman–Crippen MR) is 129 cm³/mol. The van der Waals surface area contributed by atoms with E-state index < -0.39 is 0 Å². The molecule has 1 amide bonds. The molecule has 2 atom stereocenters. The standard InChI is InChI=1S/C25H28N6O2/c1-14-8-22(30-10-15(2)26-16(3)11-30)18-9-19(25(32)28-17-12-33-13-17)24-29-20-6-4-5-7-21(20)31(24)23(18)27-14/h4-9,15-17,26H,10-13H2,1-3H3,(H,28,32). The lowest BCUT2D eigenvalue weighted by Crippen LogP contribution is -2.54. The summed E-state index contributed by atoms with van der Waals surface area (Å²) in [7, 11) is 0. The second-order valence-corrected chi connectivity index (χ2v) is 9.42. The van der Waals surface area contributed by atoms with E-state index in [-0.39, 0.29) is 11.9 Å². The fraction of sp³-hybridized carbons (Fsp3) is 0.400. The molecule has 6 rings (SSSR count). The van der Waals surface area contributed by atoms with Gasteiger partial charge >= 0.3 is 0 Å². The van der Waals surface area contributed by atoms with Gasteiger partial charge in [-0.2, -0.15) is 0 Å². The Hall–Kier alpha value is -3.23. The number of ether oxygens (including phenoxy) is 1. The molecule has 5 heterocycles. The number of amides is 1. The molecule has 170 valence electrons. The minimum Gasteiger partial charge on any atom is -0.377 e. The van der Waals surface area contributed by atoms with Gasteiger partial charge in [-0.25, -0.2) is 9.97 Å². The van der Waals surface area contributed by atoms with E-state index in [1.165, 1.54) is 0 Å². The first-order valence-electron chi connectivity index (χ1n) is 11.6. The number of hydrogen-bond acceptors (Lipinski definition) is 6. The molecule has 8 heteroatoms. The summed E-state index contributed by atoms with van der Waals surface area (Å²) < 4.78 is 7.29. The lowest BCUT2D eigenvalue weighted by Gasteiger charge is -2.38. The zero-order valence-corrected chi connectivity index (χ0v) is 19.1. The second kappa shape index (κ2) is 7.67. The first-order chi connectivity index (χ1) is 16.0. The molecular formula is C25H28N6O2. The van der Waals surface area contributed by atoms with E-state index in [0.29, 0.717) is 36.5 Å². The molecule has 33 heavy (non-hydrogen) atoms. The maximum atomic E-state index is 13.4. The average molecular weight is 445 g/mol. The largest absolute Gasteiger partial charge is 0.377 e. The van der Waals surface area contributed by atoms with Crippen LogP contribution in [0.3, 0.4) is 0 Å². The third-order valence-corrected chi connectivity index (χ3v) is 6.56. The fourth-order valence-electron chi connectivity index (χ4n) is 5.12. The van der Waals surface area contributed by atoms with Gasteiger partial charge < -0.3 is 20.3 Å². The van der Waals surface area contributed by atoms with Crippen LogP contribution in [-0.4, -0.2) is 64.7 Å². The van der Waals surface area contributed by atoms with E-state index in [9.17, 15) is 4.79 Å². The van der Waals surface area contributed by atoms with E-state index >= 15 is 0 Å². The quantitative estimate of drug-likeness (QED) is 0.506. The Morgan fingerprint density at radius 1 is 1.09 bits per heavy atom. The number of piperazine rings is 1. The molecule has 2 N–H and O–H groups in total. The Morgan fingerprint density at radius 2 is 1.85 bits per heavy atom. The molecule has 2 aliphatic heterocycles. The van der Waals surface area contributed by atoms with Crippen LogP contribution >= 0.6 is 0 Å². The smallest absolute Gasteiger partial charge is 0.255 e. The van der Waals surface area contributed by atoms with Gasteiger partial charge in [-0.1, -0.05) is 12.1 Å². The first kappa shape index (κ1) is 20.4. The minimum atomic E-state index is -0.126. The van der Waals surface area contributed by atoms with Crippen LogP contribution in [0.2, 0.25) is 0 Å². The summed E-state index contributed by atoms with van der Waals surface area (Å²) in [6.45, 7) is 9.34. The molecule has 1 aromatic carbocycles. The first-order valence-corrected chi connectivity index (χ1v) is 11.6. The molecule has 0 bridgehead atoms. The van der Waals surface area contributed by atoms with Crippen LogP contribution in [0.15, 0.2) is 36.4 Å². The Labute approximate surface area is 191 Å². The Bertz CT molecular complexity index is 1380. The molecule has 2 unspecified atom stereocenters. The van der Waals surface area contributed by atoms with Crippen molar-refractivity contribution in [3.63, 3.8) is 0 Å². The van der Waals surface area contributed by atoms with Gasteiger partial charge in [-0.15, -0.1) is 0 Å². The van der Waals surface area contributed by atoms with Crippen LogP contribution in [0.5, 0.6) is 0 Å². The predicted octanol–water partition coefficient (Wildman–Crippen LogP) is 2.66. The summed E-state index contributed by atoms with van der Waals surface area (Å²) in [6.07, 6.45) is 0. The molecule has 0 aliphatic carbocycles. The van der Waals surface area contributed by atoms with E-state index in [0.717, 1.165) is 46.5 Å². The number of carbonyl (C=O) groups is 1. The summed E-state index contributed by atoms with van der Waals surface area (Å²) in [4.78, 5) is 25.6. The second-order valence-electron chi connectivity index (χ2n) is 9.42. The van der Waals surface area contributed by atoms with Crippen molar-refractivity contribution in [2.24, 2.45) is 0 Å². The number of imidazole rings is 1. The SMILES string of the molecule is Cc1cc(N2CC(C)NC(C)C2)c2cc(C(=O)NC3COC3)c3nc4ccccc4n3c2n1. The summed E-state index contributed by atoms with van der Waals surface area (Å²) in [6, 6.07) is 12.9. The van der Waals surface area contributed by atoms with Gasteiger partial charge in [-0.05, 0) is 45.0 Å². The number of nitrogens with one attached hydrogen (secondary N) is 2. The molecule has 0 radical (unpaired) electrons. The van der Waals surface area contributed by atoms with Crippen LogP contribution in [0.25, 0.3) is 27.7 Å². The molecule has 3 aromatic heterocycles. The van der Waals surface area contributed by atoms with Crippen LogP contribution < -0.4 is 15.5 Å². The third kappa shape index (κ3) is 3.41. The van der Waals surface area contributed by atoms with Gasteiger partial charge in [-0.3, -0.25) is 9.20 Å². The number of aromatic nitrogens is 3. The van der Waals surface area contributed by atoms with Crippen molar-refractivity contribution in [3.05, 3.63) is 47.7 Å². The van der Waals surface area contributed by atoms with Crippen LogP contribution in [0.1, 0.15) is 29.9 Å². The van der Waals surface area contributed by atoms with Gasteiger partial charge in [0.2, 0.25) is 0 Å². The Kier molecular flexibility index (Phi) is 4.74. The molecule has 0 spiro atoms. The molecule has 4 aromatic rings. The van der Waals surface area contributed by atoms with E-state index in [2.05, 4.69) is 35.4 Å². The molecule has 0 saturated carbocycles. The number of aryl methyl sites for hydroxylation is 1. The summed E-state index contributed by atoms with van der Waals surface area (Å²) in [5.74, 6) is -0.126. The number of pyridine rings is 2. The van der Waals surface area contributed by atoms with Gasteiger partial charge in [0.1, 0.15) is 5.65 Å². The van der Waals surface area contributed by atoms with Crippen LogP contribution in [-0.2, 0) is 4.74 Å². The van der Waals surface area contributed by atoms with Crippen molar-refractivity contribution >= 4 is 39.3 Å². The van der Waals surface area contributed by atoms with Gasteiger partial charge in [0.05, 0.1) is 35.9 Å². The Morgan fingerprint density at radius 3 is 2.58 bits per heavy atom. The summed E-state index contributed by atoms with van der Waals surface area (Å²) >= 11 is 0. The maximum absolute atomic E-state index is 13.4. The van der Waals surface area contributed by atoms with Crippen molar-refractivity contribution in [2.45, 2.75) is 38.9 Å². The third-order valence-electron chi connectivity index (χ3n) is 6.56. The van der Waals surface area contributed by atoms with E-state index in [1.807, 2.05) is 41.7 Å². The highest BCUT2D eigenvalue weighted by atomic mass is 16.5. The zero-order valence-electron chi connectivity index (χ0n) is 19.1. The molecular weight excluding hydrogens is 416 g/mol. The van der Waals surface area contributed by atoms with Gasteiger partial charge in [0.15, 0.2) is 5.65 Å². The van der Waals surface area contributed by atoms with Crippen molar-refractivity contribution in [1.82, 2.24) is 25.0 Å². The highest BCUT2D eigenvalue weighted by Gasteiger charge is 2.27. The van der Waals surface area contributed by atoms with Crippen LogP contribution in [0.4, 0.5) is 5.69 Å². The average Bonchev–Trinajstić information content (AvgIpc) is 3.14. The summed E-state index contributed by atoms with van der Waals surface area (Å²) in [5.41, 5.74) is 5.88. The normalized spacial score (nSPS) is 21.6. The number of anilines is 1. The number of fused-ring (bicyclic) bond motifs is 5. The highest BCUT2D eigenvalue weighted by molar-refractivity contribution is 6.07.